The predicted molar refractivity (Wildman–Crippen MR) is 49.6 cm³/mol. The molecule has 0 aliphatic rings. The van der Waals surface area contributed by atoms with E-state index in [1.165, 1.54) is 0 Å². The van der Waals surface area contributed by atoms with Gasteiger partial charge in [0.25, 0.3) is 6.43 Å². The minimum absolute atomic E-state index is 0.170. The maximum atomic E-state index is 12.5. The first-order chi connectivity index (χ1) is 7.47. The van der Waals surface area contributed by atoms with Crippen LogP contribution in [-0.4, -0.2) is 9.91 Å². The van der Waals surface area contributed by atoms with Crippen molar-refractivity contribution in [1.82, 2.24) is 4.98 Å². The summed E-state index contributed by atoms with van der Waals surface area (Å²) in [4.78, 5) is 12.8. The largest absolute Gasteiger partial charge is 0.366 e. The number of nitrogens with zero attached hydrogens (tertiary/aromatic N) is 3. The zero-order chi connectivity index (χ0) is 12.3. The SMILES string of the molecule is N#CCc1cc([N+](=O)[O-])nc(N)c1C(F)F. The van der Waals surface area contributed by atoms with Gasteiger partial charge in [-0.25, -0.2) is 8.78 Å². The van der Waals surface area contributed by atoms with E-state index in [0.717, 1.165) is 6.07 Å². The number of anilines is 1. The summed E-state index contributed by atoms with van der Waals surface area (Å²) in [5.74, 6) is -1.26. The molecule has 1 rings (SSSR count). The monoisotopic (exact) mass is 228 g/mol. The number of nitrogens with two attached hydrogens (primary N) is 1. The van der Waals surface area contributed by atoms with Gasteiger partial charge in [0.15, 0.2) is 0 Å². The maximum absolute atomic E-state index is 12.5. The van der Waals surface area contributed by atoms with E-state index in [1.54, 1.807) is 6.07 Å². The molecule has 1 aromatic heterocycles. The van der Waals surface area contributed by atoms with E-state index >= 15 is 0 Å². The van der Waals surface area contributed by atoms with E-state index in [4.69, 9.17) is 11.0 Å². The third kappa shape index (κ3) is 2.20. The maximum Gasteiger partial charge on any atom is 0.366 e. The van der Waals surface area contributed by atoms with E-state index in [1.807, 2.05) is 0 Å². The van der Waals surface area contributed by atoms with E-state index in [9.17, 15) is 18.9 Å². The van der Waals surface area contributed by atoms with Crippen LogP contribution in [0.2, 0.25) is 0 Å². The lowest BCUT2D eigenvalue weighted by atomic mass is 10.1. The van der Waals surface area contributed by atoms with Gasteiger partial charge in [0, 0.05) is 6.07 Å². The highest BCUT2D eigenvalue weighted by Gasteiger charge is 2.24. The molecule has 6 nitrogen and oxygen atoms in total. The Hall–Kier alpha value is -2.30. The number of hydrogen-bond donors (Lipinski definition) is 1. The summed E-state index contributed by atoms with van der Waals surface area (Å²) in [6.07, 6.45) is -3.30. The molecule has 2 N–H and O–H groups in total. The van der Waals surface area contributed by atoms with Gasteiger partial charge in [-0.3, -0.25) is 0 Å². The first kappa shape index (κ1) is 11.8. The molecule has 0 aliphatic heterocycles. The second kappa shape index (κ2) is 4.48. The molecule has 0 atom stereocenters. The van der Waals surface area contributed by atoms with Crippen LogP contribution in [0.5, 0.6) is 0 Å². The standard InChI is InChI=1S/C8H6F2N4O2/c9-7(10)6-4(1-2-11)3-5(14(15)16)13-8(6)12/h3,7H,1H2,(H2,12,13). The van der Waals surface area contributed by atoms with Crippen molar-refractivity contribution >= 4 is 11.6 Å². The number of pyridine rings is 1. The Kier molecular flexibility index (Phi) is 3.30. The molecule has 0 fully saturated rings. The van der Waals surface area contributed by atoms with Gasteiger partial charge >= 0.3 is 5.82 Å². The Morgan fingerprint density at radius 2 is 2.31 bits per heavy atom. The molecule has 0 radical (unpaired) electrons. The summed E-state index contributed by atoms with van der Waals surface area (Å²) in [7, 11) is 0. The molecule has 0 spiro atoms. The summed E-state index contributed by atoms with van der Waals surface area (Å²) in [6.45, 7) is 0. The van der Waals surface area contributed by atoms with Crippen molar-refractivity contribution in [2.45, 2.75) is 12.8 Å². The van der Waals surface area contributed by atoms with Crippen LogP contribution in [0, 0.1) is 21.4 Å². The van der Waals surface area contributed by atoms with Crippen LogP contribution in [0.25, 0.3) is 0 Å². The van der Waals surface area contributed by atoms with Crippen LogP contribution in [-0.2, 0) is 6.42 Å². The van der Waals surface area contributed by atoms with E-state index < -0.39 is 28.5 Å². The topological polar surface area (TPSA) is 106 Å². The molecule has 1 heterocycles. The Labute approximate surface area is 88.5 Å². The van der Waals surface area contributed by atoms with Crippen molar-refractivity contribution in [3.05, 3.63) is 27.3 Å². The Morgan fingerprint density at radius 3 is 2.75 bits per heavy atom. The second-order valence-corrected chi connectivity index (χ2v) is 2.83. The smallest absolute Gasteiger partial charge is 0.362 e. The lowest BCUT2D eigenvalue weighted by Crippen LogP contribution is -2.06. The summed E-state index contributed by atoms with van der Waals surface area (Å²) >= 11 is 0. The molecule has 0 bridgehead atoms. The van der Waals surface area contributed by atoms with Crippen molar-refractivity contribution in [2.75, 3.05) is 5.73 Å². The van der Waals surface area contributed by atoms with Crippen LogP contribution in [0.1, 0.15) is 17.6 Å². The number of aromatic nitrogens is 1. The normalized spacial score (nSPS) is 10.1. The lowest BCUT2D eigenvalue weighted by molar-refractivity contribution is -0.389. The first-order valence-electron chi connectivity index (χ1n) is 4.06. The van der Waals surface area contributed by atoms with E-state index in [2.05, 4.69) is 4.98 Å². The Morgan fingerprint density at radius 1 is 1.69 bits per heavy atom. The molecule has 0 unspecified atom stereocenters. The van der Waals surface area contributed by atoms with Crippen molar-refractivity contribution in [3.8, 4) is 6.07 Å². The molecule has 84 valence electrons. The average molecular weight is 228 g/mol. The Bertz CT molecular complexity index is 470. The highest BCUT2D eigenvalue weighted by atomic mass is 19.3. The molecular formula is C8H6F2N4O2. The molecular weight excluding hydrogens is 222 g/mol. The van der Waals surface area contributed by atoms with Crippen LogP contribution in [0.15, 0.2) is 6.07 Å². The van der Waals surface area contributed by atoms with Gasteiger partial charge in [0.05, 0.1) is 18.1 Å². The quantitative estimate of drug-likeness (QED) is 0.624. The molecule has 0 saturated heterocycles. The number of hydrogen-bond acceptors (Lipinski definition) is 5. The first-order valence-corrected chi connectivity index (χ1v) is 4.06. The van der Waals surface area contributed by atoms with Gasteiger partial charge in [0.2, 0.25) is 5.82 Å². The van der Waals surface area contributed by atoms with Crippen molar-refractivity contribution in [3.63, 3.8) is 0 Å². The van der Waals surface area contributed by atoms with Crippen molar-refractivity contribution < 1.29 is 13.7 Å². The van der Waals surface area contributed by atoms with E-state index in [-0.39, 0.29) is 12.0 Å². The number of nitro groups is 1. The molecule has 16 heavy (non-hydrogen) atoms. The minimum atomic E-state index is -2.92. The third-order valence-corrected chi connectivity index (χ3v) is 1.84. The minimum Gasteiger partial charge on any atom is -0.362 e. The average Bonchev–Trinajstić information content (AvgIpc) is 2.16. The molecule has 1 aromatic rings. The van der Waals surface area contributed by atoms with Crippen LogP contribution >= 0.6 is 0 Å². The van der Waals surface area contributed by atoms with Gasteiger partial charge < -0.3 is 15.8 Å². The molecule has 0 saturated carbocycles. The fourth-order valence-electron chi connectivity index (χ4n) is 1.19. The van der Waals surface area contributed by atoms with Crippen LogP contribution < -0.4 is 5.73 Å². The molecule has 8 heteroatoms. The lowest BCUT2D eigenvalue weighted by Gasteiger charge is -2.05. The fourth-order valence-corrected chi connectivity index (χ4v) is 1.19. The summed E-state index contributed by atoms with van der Waals surface area (Å²) in [6, 6.07) is 2.47. The second-order valence-electron chi connectivity index (χ2n) is 2.83. The number of alkyl halides is 2. The third-order valence-electron chi connectivity index (χ3n) is 1.84. The molecule has 0 aliphatic carbocycles. The predicted octanol–water partition coefficient (Wildman–Crippen LogP) is 1.58. The Balaban J connectivity index is 3.40. The van der Waals surface area contributed by atoms with Gasteiger partial charge in [-0.05, 0) is 15.5 Å². The highest BCUT2D eigenvalue weighted by molar-refractivity contribution is 5.50. The van der Waals surface area contributed by atoms with Crippen molar-refractivity contribution in [1.29, 1.82) is 5.26 Å². The fraction of sp³-hybridized carbons (Fsp3) is 0.250. The summed E-state index contributed by atoms with van der Waals surface area (Å²) in [5.41, 5.74) is 4.40. The van der Waals surface area contributed by atoms with Gasteiger partial charge in [-0.1, -0.05) is 0 Å². The molecule has 0 aromatic carbocycles. The number of nitriles is 1. The van der Waals surface area contributed by atoms with Crippen LogP contribution in [0.4, 0.5) is 20.4 Å². The molecule has 0 amide bonds. The van der Waals surface area contributed by atoms with Gasteiger partial charge in [0.1, 0.15) is 0 Å². The summed E-state index contributed by atoms with van der Waals surface area (Å²) in [5, 5.41) is 18.8. The van der Waals surface area contributed by atoms with E-state index in [0.29, 0.717) is 0 Å². The summed E-state index contributed by atoms with van der Waals surface area (Å²) < 4.78 is 25.1. The van der Waals surface area contributed by atoms with Crippen LogP contribution in [0.3, 0.4) is 0 Å². The highest BCUT2D eigenvalue weighted by Crippen LogP contribution is 2.30. The number of rotatable bonds is 3. The number of nitrogen functional groups attached to an aromatic ring is 1. The van der Waals surface area contributed by atoms with Gasteiger partial charge in [-0.15, -0.1) is 0 Å². The number of halogens is 2. The zero-order valence-electron chi connectivity index (χ0n) is 7.85. The van der Waals surface area contributed by atoms with Gasteiger partial charge in [-0.2, -0.15) is 5.26 Å². The zero-order valence-corrected chi connectivity index (χ0v) is 7.85. The van der Waals surface area contributed by atoms with Crippen molar-refractivity contribution in [2.24, 2.45) is 0 Å².